The van der Waals surface area contributed by atoms with Crippen molar-refractivity contribution in [3.63, 3.8) is 0 Å². The normalized spacial score (nSPS) is 20.2. The summed E-state index contributed by atoms with van der Waals surface area (Å²) in [5.74, 6) is 0. The summed E-state index contributed by atoms with van der Waals surface area (Å²) in [5, 5.41) is 0. The number of anilines is 8. The van der Waals surface area contributed by atoms with Crippen molar-refractivity contribution in [3.8, 4) is 11.1 Å². The highest BCUT2D eigenvalue weighted by Crippen LogP contribution is 2.63. The van der Waals surface area contributed by atoms with Gasteiger partial charge in [0, 0.05) is 45.0 Å². The van der Waals surface area contributed by atoms with Gasteiger partial charge >= 0.3 is 0 Å². The third kappa shape index (κ3) is 6.41. The minimum absolute atomic E-state index is 0.00170. The van der Waals surface area contributed by atoms with E-state index in [0.717, 1.165) is 6.42 Å². The number of hydrogen-bond acceptors (Lipinski definition) is 3. The maximum atomic E-state index is 2.90. The van der Waals surface area contributed by atoms with Crippen LogP contribution in [-0.4, -0.2) is 12.3 Å². The minimum Gasteiger partial charge on any atom is -0.335 e. The number of hydrogen-bond donors (Lipinski definition) is 0. The fourth-order valence-electron chi connectivity index (χ4n) is 14.4. The Morgan fingerprint density at radius 2 is 1.04 bits per heavy atom. The standard InChI is InChI=1S/C67H74BN3/c1-41-37-45(64(9,10)11)38-42(2)59(41)70-55-39-48(69(46-29-25-43(26-30-46)62(3,4)5)47-31-27-44(28-32-47)63(6,7)8)40-56-58(55)68(53-24-20-23-52-60(53)71(56)67(15)36-19-18-35-66(52,67)14)54-34-33-50-49-21-16-17-22-51(49)65(12,13)57(50)61(54)70/h16-17,20-34,37-40H,18-19,35-36H2,1-15H3. The van der Waals surface area contributed by atoms with Crippen molar-refractivity contribution in [1.29, 1.82) is 0 Å². The lowest BCUT2D eigenvalue weighted by Crippen LogP contribution is -2.64. The molecule has 3 aliphatic heterocycles. The molecule has 71 heavy (non-hydrogen) atoms. The molecule has 0 saturated heterocycles. The van der Waals surface area contributed by atoms with Gasteiger partial charge in [-0.3, -0.25) is 0 Å². The van der Waals surface area contributed by atoms with Crippen LogP contribution < -0.4 is 31.1 Å². The number of para-hydroxylation sites is 1. The van der Waals surface area contributed by atoms with Crippen LogP contribution in [0.4, 0.5) is 45.5 Å². The van der Waals surface area contributed by atoms with Gasteiger partial charge in [-0.05, 0) is 158 Å². The van der Waals surface area contributed by atoms with E-state index in [2.05, 4.69) is 246 Å². The van der Waals surface area contributed by atoms with Crippen LogP contribution in [0.3, 0.4) is 0 Å². The zero-order valence-corrected chi connectivity index (χ0v) is 45.4. The Hall–Kier alpha value is -6.00. The highest BCUT2D eigenvalue weighted by Gasteiger charge is 2.61. The first kappa shape index (κ1) is 46.1. The van der Waals surface area contributed by atoms with Gasteiger partial charge in [0.2, 0.25) is 0 Å². The largest absolute Gasteiger partial charge is 0.335 e. The van der Waals surface area contributed by atoms with E-state index in [1.165, 1.54) is 137 Å². The number of rotatable bonds is 4. The minimum atomic E-state index is -0.245. The summed E-state index contributed by atoms with van der Waals surface area (Å²) in [6.07, 6.45) is 4.84. The molecule has 12 rings (SSSR count). The SMILES string of the molecule is Cc1cc(C(C)(C)C)cc(C)c1N1c2cc(N(c3ccc(C(C)(C)C)cc3)c3ccc(C(C)(C)C)cc3)cc3c2B(c2ccc4c(c21)C(C)(C)c1ccccc1-4)c1cccc2c1N3C1(C)CCCCC21C. The monoisotopic (exact) mass is 932 g/mol. The van der Waals surface area contributed by atoms with E-state index in [1.54, 1.807) is 0 Å². The first-order valence-corrected chi connectivity index (χ1v) is 26.8. The van der Waals surface area contributed by atoms with E-state index in [0.29, 0.717) is 0 Å². The molecule has 0 aromatic heterocycles. The van der Waals surface area contributed by atoms with E-state index in [-0.39, 0.29) is 39.3 Å². The van der Waals surface area contributed by atoms with Crippen molar-refractivity contribution < 1.29 is 0 Å². The van der Waals surface area contributed by atoms with Crippen LogP contribution in [0.25, 0.3) is 11.1 Å². The Labute approximate surface area is 426 Å². The summed E-state index contributed by atoms with van der Waals surface area (Å²) in [4.78, 5) is 8.25. The molecule has 1 fully saturated rings. The topological polar surface area (TPSA) is 9.72 Å². The van der Waals surface area contributed by atoms with Gasteiger partial charge in [-0.25, -0.2) is 0 Å². The molecule has 0 amide bonds. The van der Waals surface area contributed by atoms with Crippen molar-refractivity contribution in [2.75, 3.05) is 14.7 Å². The van der Waals surface area contributed by atoms with Gasteiger partial charge in [-0.15, -0.1) is 0 Å². The molecule has 3 nitrogen and oxygen atoms in total. The molecular formula is C67H74BN3. The van der Waals surface area contributed by atoms with Gasteiger partial charge < -0.3 is 14.7 Å². The second kappa shape index (κ2) is 15.0. The maximum absolute atomic E-state index is 2.90. The second-order valence-electron chi connectivity index (χ2n) is 26.3. The summed E-state index contributed by atoms with van der Waals surface area (Å²) in [6.45, 7) is 35.9. The summed E-state index contributed by atoms with van der Waals surface area (Å²) < 4.78 is 0. The van der Waals surface area contributed by atoms with E-state index >= 15 is 0 Å². The van der Waals surface area contributed by atoms with Crippen LogP contribution in [0.15, 0.2) is 127 Å². The zero-order valence-electron chi connectivity index (χ0n) is 45.4. The molecule has 2 unspecified atom stereocenters. The average Bonchev–Trinajstić information content (AvgIpc) is 3.68. The summed E-state index contributed by atoms with van der Waals surface area (Å²) in [5.41, 5.74) is 28.0. The fourth-order valence-corrected chi connectivity index (χ4v) is 14.4. The number of nitrogens with zero attached hydrogens (tertiary/aromatic N) is 3. The molecular weight excluding hydrogens is 858 g/mol. The molecule has 7 aromatic carbocycles. The van der Waals surface area contributed by atoms with Crippen molar-refractivity contribution in [2.45, 2.75) is 162 Å². The number of benzene rings is 7. The molecule has 0 N–H and O–H groups in total. The molecule has 2 atom stereocenters. The van der Waals surface area contributed by atoms with Crippen LogP contribution >= 0.6 is 0 Å². The molecule has 4 heteroatoms. The Bertz CT molecular complexity index is 3270. The maximum Gasteiger partial charge on any atom is 0.252 e. The smallest absolute Gasteiger partial charge is 0.252 e. The van der Waals surface area contributed by atoms with Gasteiger partial charge in [0.15, 0.2) is 0 Å². The van der Waals surface area contributed by atoms with E-state index in [4.69, 9.17) is 0 Å². The first-order chi connectivity index (χ1) is 33.4. The van der Waals surface area contributed by atoms with Crippen LogP contribution in [0.1, 0.15) is 160 Å². The Kier molecular flexibility index (Phi) is 9.76. The third-order valence-electron chi connectivity index (χ3n) is 18.4. The summed E-state index contributed by atoms with van der Waals surface area (Å²) in [7, 11) is 0. The van der Waals surface area contributed by atoms with E-state index in [1.807, 2.05) is 0 Å². The van der Waals surface area contributed by atoms with Crippen LogP contribution in [0.2, 0.25) is 0 Å². The molecule has 1 saturated carbocycles. The highest BCUT2D eigenvalue weighted by molar-refractivity contribution is 7.00. The van der Waals surface area contributed by atoms with Crippen molar-refractivity contribution >= 4 is 68.6 Å². The lowest BCUT2D eigenvalue weighted by molar-refractivity contribution is 0.195. The quantitative estimate of drug-likeness (QED) is 0.163. The third-order valence-corrected chi connectivity index (χ3v) is 18.4. The van der Waals surface area contributed by atoms with Crippen molar-refractivity contribution in [2.24, 2.45) is 0 Å². The second-order valence-corrected chi connectivity index (χ2v) is 26.3. The van der Waals surface area contributed by atoms with E-state index in [9.17, 15) is 0 Å². The molecule has 2 aliphatic carbocycles. The zero-order chi connectivity index (χ0) is 50.1. The predicted molar refractivity (Wildman–Crippen MR) is 306 cm³/mol. The highest BCUT2D eigenvalue weighted by atomic mass is 15.3. The fraction of sp³-hybridized carbons (Fsp3) is 0.373. The lowest BCUT2D eigenvalue weighted by atomic mass is 9.33. The molecule has 0 radical (unpaired) electrons. The Balaban J connectivity index is 1.24. The first-order valence-electron chi connectivity index (χ1n) is 26.8. The molecule has 0 spiro atoms. The lowest BCUT2D eigenvalue weighted by Gasteiger charge is -2.53. The molecule has 7 aromatic rings. The molecule has 5 aliphatic rings. The van der Waals surface area contributed by atoms with Gasteiger partial charge in [-0.2, -0.15) is 0 Å². The average molecular weight is 932 g/mol. The molecule has 0 bridgehead atoms. The van der Waals surface area contributed by atoms with Crippen molar-refractivity contribution in [1.82, 2.24) is 0 Å². The van der Waals surface area contributed by atoms with Gasteiger partial charge in [0.25, 0.3) is 6.71 Å². The number of fused-ring (bicyclic) bond motifs is 11. The summed E-state index contributed by atoms with van der Waals surface area (Å²) >= 11 is 0. The van der Waals surface area contributed by atoms with Crippen LogP contribution in [-0.2, 0) is 27.1 Å². The Morgan fingerprint density at radius 3 is 1.65 bits per heavy atom. The summed E-state index contributed by atoms with van der Waals surface area (Å²) in [6, 6.07) is 50.8. The van der Waals surface area contributed by atoms with Crippen LogP contribution in [0, 0.1) is 13.8 Å². The van der Waals surface area contributed by atoms with E-state index < -0.39 is 0 Å². The van der Waals surface area contributed by atoms with Gasteiger partial charge in [-0.1, -0.05) is 187 Å². The number of aryl methyl sites for hydroxylation is 2. The predicted octanol–water partition coefficient (Wildman–Crippen LogP) is 16.3. The Morgan fingerprint density at radius 1 is 0.493 bits per heavy atom. The molecule has 360 valence electrons. The van der Waals surface area contributed by atoms with Crippen molar-refractivity contribution in [3.05, 3.63) is 172 Å². The van der Waals surface area contributed by atoms with Gasteiger partial charge in [0.1, 0.15) is 0 Å². The van der Waals surface area contributed by atoms with Gasteiger partial charge in [0.05, 0.1) is 16.9 Å². The molecule has 3 heterocycles. The van der Waals surface area contributed by atoms with Crippen LogP contribution in [0.5, 0.6) is 0 Å².